The number of thiazole rings is 1. The largest absolute Gasteiger partial charge is 0.345 e. The SMILES string of the molecule is Cc1nc(C)c(C(C)NC(=O)c2c(C)n[nH]c2C)s1. The van der Waals surface area contributed by atoms with Crippen LogP contribution in [-0.2, 0) is 0 Å². The molecule has 1 atom stereocenters. The molecule has 0 bridgehead atoms. The molecule has 5 nitrogen and oxygen atoms in total. The van der Waals surface area contributed by atoms with Crippen molar-refractivity contribution in [2.75, 3.05) is 0 Å². The predicted octanol–water partition coefficient (Wildman–Crippen LogP) is 2.59. The van der Waals surface area contributed by atoms with Crippen molar-refractivity contribution in [2.24, 2.45) is 0 Å². The van der Waals surface area contributed by atoms with Gasteiger partial charge in [-0.15, -0.1) is 11.3 Å². The normalized spacial score (nSPS) is 12.5. The van der Waals surface area contributed by atoms with Crippen molar-refractivity contribution in [2.45, 2.75) is 40.7 Å². The number of aromatic nitrogens is 3. The number of carbonyl (C=O) groups excluding carboxylic acids is 1. The summed E-state index contributed by atoms with van der Waals surface area (Å²) in [6.07, 6.45) is 0. The lowest BCUT2D eigenvalue weighted by Crippen LogP contribution is -2.27. The van der Waals surface area contributed by atoms with Crippen LogP contribution >= 0.6 is 11.3 Å². The van der Waals surface area contributed by atoms with Gasteiger partial charge in [0.2, 0.25) is 0 Å². The van der Waals surface area contributed by atoms with E-state index in [-0.39, 0.29) is 11.9 Å². The van der Waals surface area contributed by atoms with Crippen LogP contribution in [0.3, 0.4) is 0 Å². The molecule has 2 rings (SSSR count). The standard InChI is InChI=1S/C13H18N4OS/c1-6-11(7(2)17-16-6)13(18)15-9(4)12-8(3)14-10(5)19-12/h9H,1-5H3,(H,15,18)(H,16,17). The molecule has 1 unspecified atom stereocenters. The zero-order valence-electron chi connectivity index (χ0n) is 11.8. The number of carbonyl (C=O) groups is 1. The van der Waals surface area contributed by atoms with Crippen LogP contribution in [0.5, 0.6) is 0 Å². The summed E-state index contributed by atoms with van der Waals surface area (Å²) in [4.78, 5) is 17.7. The lowest BCUT2D eigenvalue weighted by molar-refractivity contribution is 0.0939. The third kappa shape index (κ3) is 2.68. The van der Waals surface area contributed by atoms with Crippen LogP contribution in [-0.4, -0.2) is 21.1 Å². The fourth-order valence-electron chi connectivity index (χ4n) is 2.17. The molecule has 0 saturated heterocycles. The molecule has 2 heterocycles. The maximum atomic E-state index is 12.3. The zero-order chi connectivity index (χ0) is 14.2. The molecule has 1 amide bonds. The monoisotopic (exact) mass is 278 g/mol. The van der Waals surface area contributed by atoms with E-state index in [2.05, 4.69) is 20.5 Å². The Labute approximate surface area is 116 Å². The Morgan fingerprint density at radius 3 is 2.42 bits per heavy atom. The first-order chi connectivity index (χ1) is 8.90. The first kappa shape index (κ1) is 13.7. The third-order valence-corrected chi connectivity index (χ3v) is 4.29. The van der Waals surface area contributed by atoms with Gasteiger partial charge < -0.3 is 5.32 Å². The number of aryl methyl sites for hydroxylation is 4. The van der Waals surface area contributed by atoms with E-state index in [0.29, 0.717) is 5.56 Å². The van der Waals surface area contributed by atoms with Crippen LogP contribution in [0.4, 0.5) is 0 Å². The quantitative estimate of drug-likeness (QED) is 0.906. The van der Waals surface area contributed by atoms with E-state index in [9.17, 15) is 4.79 Å². The summed E-state index contributed by atoms with van der Waals surface area (Å²) in [6, 6.07) is -0.0487. The van der Waals surface area contributed by atoms with E-state index in [0.717, 1.165) is 27.0 Å². The summed E-state index contributed by atoms with van der Waals surface area (Å²) in [5.41, 5.74) is 3.13. The van der Waals surface area contributed by atoms with Crippen LogP contribution in [0.2, 0.25) is 0 Å². The van der Waals surface area contributed by atoms with E-state index >= 15 is 0 Å². The van der Waals surface area contributed by atoms with Crippen LogP contribution in [0.25, 0.3) is 0 Å². The Morgan fingerprint density at radius 2 is 1.95 bits per heavy atom. The summed E-state index contributed by atoms with van der Waals surface area (Å²) in [5, 5.41) is 10.9. The van der Waals surface area contributed by atoms with E-state index in [1.54, 1.807) is 11.3 Å². The van der Waals surface area contributed by atoms with Gasteiger partial charge in [0.15, 0.2) is 0 Å². The first-order valence-electron chi connectivity index (χ1n) is 6.16. The second-order valence-electron chi connectivity index (χ2n) is 4.69. The first-order valence-corrected chi connectivity index (χ1v) is 6.98. The minimum Gasteiger partial charge on any atom is -0.345 e. The summed E-state index contributed by atoms with van der Waals surface area (Å²) in [7, 11) is 0. The molecule has 0 radical (unpaired) electrons. The number of amides is 1. The van der Waals surface area contributed by atoms with Gasteiger partial charge in [0.25, 0.3) is 5.91 Å². The minimum atomic E-state index is -0.0956. The summed E-state index contributed by atoms with van der Waals surface area (Å²) in [5.74, 6) is -0.0956. The molecule has 0 aliphatic carbocycles. The van der Waals surface area contributed by atoms with Gasteiger partial charge in [-0.2, -0.15) is 5.10 Å². The molecule has 0 aliphatic rings. The summed E-state index contributed by atoms with van der Waals surface area (Å²) in [6.45, 7) is 9.59. The van der Waals surface area contributed by atoms with E-state index < -0.39 is 0 Å². The fraction of sp³-hybridized carbons (Fsp3) is 0.462. The van der Waals surface area contributed by atoms with Crippen molar-refractivity contribution < 1.29 is 4.79 Å². The smallest absolute Gasteiger partial charge is 0.255 e. The van der Waals surface area contributed by atoms with Gasteiger partial charge in [0, 0.05) is 10.6 Å². The van der Waals surface area contributed by atoms with E-state index in [4.69, 9.17) is 0 Å². The molecule has 2 aromatic heterocycles. The molecule has 0 fully saturated rings. The van der Waals surface area contributed by atoms with Gasteiger partial charge in [0.05, 0.1) is 28.0 Å². The molecular weight excluding hydrogens is 260 g/mol. The molecule has 2 aromatic rings. The van der Waals surface area contributed by atoms with E-state index in [1.807, 2.05) is 34.6 Å². The average Bonchev–Trinajstić information content (AvgIpc) is 2.81. The van der Waals surface area contributed by atoms with Crippen molar-refractivity contribution >= 4 is 17.2 Å². The summed E-state index contributed by atoms with van der Waals surface area (Å²) < 4.78 is 0. The Kier molecular flexibility index (Phi) is 3.71. The second-order valence-corrected chi connectivity index (χ2v) is 5.92. The number of hydrogen-bond acceptors (Lipinski definition) is 4. The summed E-state index contributed by atoms with van der Waals surface area (Å²) >= 11 is 1.62. The minimum absolute atomic E-state index is 0.0487. The second kappa shape index (κ2) is 5.13. The molecule has 0 aromatic carbocycles. The Hall–Kier alpha value is -1.69. The molecule has 19 heavy (non-hydrogen) atoms. The van der Waals surface area contributed by atoms with Crippen LogP contribution < -0.4 is 5.32 Å². The maximum Gasteiger partial charge on any atom is 0.255 e. The average molecular weight is 278 g/mol. The van der Waals surface area contributed by atoms with Crippen LogP contribution in [0.15, 0.2) is 0 Å². The number of rotatable bonds is 3. The molecular formula is C13H18N4OS. The number of aromatic amines is 1. The Bertz CT molecular complexity index is 595. The van der Waals surface area contributed by atoms with Crippen molar-refractivity contribution in [1.29, 1.82) is 0 Å². The molecule has 0 aliphatic heterocycles. The highest BCUT2D eigenvalue weighted by Crippen LogP contribution is 2.25. The number of nitrogens with zero attached hydrogens (tertiary/aromatic N) is 2. The van der Waals surface area contributed by atoms with Gasteiger partial charge in [-0.3, -0.25) is 9.89 Å². The highest BCUT2D eigenvalue weighted by molar-refractivity contribution is 7.11. The maximum absolute atomic E-state index is 12.3. The van der Waals surface area contributed by atoms with Gasteiger partial charge >= 0.3 is 0 Å². The van der Waals surface area contributed by atoms with Crippen LogP contribution in [0, 0.1) is 27.7 Å². The molecule has 6 heteroatoms. The van der Waals surface area contributed by atoms with Crippen molar-refractivity contribution in [3.8, 4) is 0 Å². The zero-order valence-corrected chi connectivity index (χ0v) is 12.6. The molecule has 2 N–H and O–H groups in total. The Balaban J connectivity index is 2.18. The highest BCUT2D eigenvalue weighted by Gasteiger charge is 2.20. The third-order valence-electron chi connectivity index (χ3n) is 3.04. The predicted molar refractivity (Wildman–Crippen MR) is 75.5 cm³/mol. The van der Waals surface area contributed by atoms with Gasteiger partial charge in [-0.25, -0.2) is 4.98 Å². The van der Waals surface area contributed by atoms with Gasteiger partial charge in [0.1, 0.15) is 0 Å². The van der Waals surface area contributed by atoms with Crippen LogP contribution in [0.1, 0.15) is 50.3 Å². The van der Waals surface area contributed by atoms with Gasteiger partial charge in [-0.1, -0.05) is 0 Å². The Morgan fingerprint density at radius 1 is 1.26 bits per heavy atom. The number of hydrogen-bond donors (Lipinski definition) is 2. The number of nitrogens with one attached hydrogen (secondary N) is 2. The highest BCUT2D eigenvalue weighted by atomic mass is 32.1. The van der Waals surface area contributed by atoms with Crippen molar-refractivity contribution in [3.05, 3.63) is 32.5 Å². The lowest BCUT2D eigenvalue weighted by atomic mass is 10.1. The van der Waals surface area contributed by atoms with Crippen molar-refractivity contribution in [3.63, 3.8) is 0 Å². The lowest BCUT2D eigenvalue weighted by Gasteiger charge is -2.13. The molecule has 0 spiro atoms. The molecule has 0 saturated carbocycles. The fourth-order valence-corrected chi connectivity index (χ4v) is 3.10. The van der Waals surface area contributed by atoms with Gasteiger partial charge in [-0.05, 0) is 34.6 Å². The van der Waals surface area contributed by atoms with Crippen molar-refractivity contribution in [1.82, 2.24) is 20.5 Å². The number of H-pyrrole nitrogens is 1. The molecule has 102 valence electrons. The van der Waals surface area contributed by atoms with E-state index in [1.165, 1.54) is 0 Å². The topological polar surface area (TPSA) is 70.7 Å².